The maximum Gasteiger partial charge on any atom is -0.0414 e. The molecule has 0 bridgehead atoms. The Labute approximate surface area is 66.0 Å². The summed E-state index contributed by atoms with van der Waals surface area (Å²) in [7, 11) is 0. The quantitative estimate of drug-likeness (QED) is 0.493. The van der Waals surface area contributed by atoms with Crippen LogP contribution in [0, 0.1) is 12.8 Å². The Morgan fingerprint density at radius 2 is 1.70 bits per heavy atom. The van der Waals surface area contributed by atoms with Gasteiger partial charge in [-0.05, 0) is 5.92 Å². The van der Waals surface area contributed by atoms with Gasteiger partial charge in [0.1, 0.15) is 0 Å². The van der Waals surface area contributed by atoms with Crippen LogP contribution < -0.4 is 0 Å². The van der Waals surface area contributed by atoms with E-state index in [9.17, 15) is 0 Å². The van der Waals surface area contributed by atoms with E-state index < -0.39 is 0 Å². The van der Waals surface area contributed by atoms with Crippen molar-refractivity contribution in [1.29, 1.82) is 0 Å². The standard InChI is InChI=1S/C10H21/c1-4-6-7-9-10(3)8-5-2/h10H,3-9H2,1-2H3. The van der Waals surface area contributed by atoms with Crippen LogP contribution in [-0.4, -0.2) is 0 Å². The van der Waals surface area contributed by atoms with Gasteiger partial charge in [-0.1, -0.05) is 59.3 Å². The summed E-state index contributed by atoms with van der Waals surface area (Å²) in [6.45, 7) is 8.58. The van der Waals surface area contributed by atoms with Crippen molar-refractivity contribution < 1.29 is 0 Å². The van der Waals surface area contributed by atoms with Gasteiger partial charge in [0.05, 0.1) is 0 Å². The molecule has 0 aromatic heterocycles. The smallest absolute Gasteiger partial charge is 0.0414 e. The van der Waals surface area contributed by atoms with E-state index in [-0.39, 0.29) is 0 Å². The topological polar surface area (TPSA) is 0 Å². The number of unbranched alkanes of at least 4 members (excludes halogenated alkanes) is 2. The molecule has 0 fully saturated rings. The fraction of sp³-hybridized carbons (Fsp3) is 0.900. The maximum atomic E-state index is 4.10. The molecule has 0 aromatic rings. The van der Waals surface area contributed by atoms with Crippen molar-refractivity contribution in [3.05, 3.63) is 6.92 Å². The molecule has 1 radical (unpaired) electrons. The van der Waals surface area contributed by atoms with Crippen molar-refractivity contribution in [2.45, 2.75) is 52.4 Å². The first kappa shape index (κ1) is 10.0. The Bertz CT molecular complexity index is 57.1. The van der Waals surface area contributed by atoms with Crippen LogP contribution in [-0.2, 0) is 0 Å². The second kappa shape index (κ2) is 7.11. The van der Waals surface area contributed by atoms with Crippen LogP contribution in [0.2, 0.25) is 0 Å². The van der Waals surface area contributed by atoms with Gasteiger partial charge in [0.15, 0.2) is 0 Å². The summed E-state index contributed by atoms with van der Waals surface area (Å²) in [6, 6.07) is 0. The zero-order chi connectivity index (χ0) is 7.82. The minimum atomic E-state index is 0.719. The van der Waals surface area contributed by atoms with Gasteiger partial charge in [-0.15, -0.1) is 0 Å². The van der Waals surface area contributed by atoms with Gasteiger partial charge < -0.3 is 0 Å². The summed E-state index contributed by atoms with van der Waals surface area (Å²) in [5.74, 6) is 0.719. The Hall–Kier alpha value is 0. The van der Waals surface area contributed by atoms with E-state index in [0.29, 0.717) is 0 Å². The van der Waals surface area contributed by atoms with Crippen LogP contribution in [0.3, 0.4) is 0 Å². The van der Waals surface area contributed by atoms with Gasteiger partial charge in [-0.25, -0.2) is 0 Å². The summed E-state index contributed by atoms with van der Waals surface area (Å²) in [4.78, 5) is 0. The van der Waals surface area contributed by atoms with Crippen LogP contribution in [0.25, 0.3) is 0 Å². The van der Waals surface area contributed by atoms with Gasteiger partial charge in [0.25, 0.3) is 0 Å². The van der Waals surface area contributed by atoms with Crippen LogP contribution in [0.4, 0.5) is 0 Å². The van der Waals surface area contributed by atoms with Gasteiger partial charge >= 0.3 is 0 Å². The summed E-state index contributed by atoms with van der Waals surface area (Å²) in [6.07, 6.45) is 8.03. The molecule has 1 atom stereocenters. The van der Waals surface area contributed by atoms with Crippen LogP contribution in [0.5, 0.6) is 0 Å². The third-order valence-corrected chi connectivity index (χ3v) is 1.91. The predicted octanol–water partition coefficient (Wildman–Crippen LogP) is 3.82. The second-order valence-electron chi connectivity index (χ2n) is 3.15. The molecule has 61 valence electrons. The molecule has 0 aromatic carbocycles. The van der Waals surface area contributed by atoms with Crippen LogP contribution in [0.15, 0.2) is 0 Å². The lowest BCUT2D eigenvalue weighted by Gasteiger charge is -2.07. The fourth-order valence-corrected chi connectivity index (χ4v) is 1.24. The average Bonchev–Trinajstić information content (AvgIpc) is 1.89. The molecule has 0 amide bonds. The van der Waals surface area contributed by atoms with E-state index in [4.69, 9.17) is 0 Å². The van der Waals surface area contributed by atoms with Crippen molar-refractivity contribution in [2.24, 2.45) is 5.92 Å². The third kappa shape index (κ3) is 6.12. The van der Waals surface area contributed by atoms with E-state index in [1.165, 1.54) is 38.5 Å². The highest BCUT2D eigenvalue weighted by Gasteiger charge is 1.98. The maximum absolute atomic E-state index is 4.10. The van der Waals surface area contributed by atoms with Gasteiger partial charge in [0.2, 0.25) is 0 Å². The first-order valence-corrected chi connectivity index (χ1v) is 4.64. The molecule has 0 saturated heterocycles. The van der Waals surface area contributed by atoms with E-state index in [1.54, 1.807) is 0 Å². The lowest BCUT2D eigenvalue weighted by molar-refractivity contribution is 0.499. The van der Waals surface area contributed by atoms with Gasteiger partial charge in [-0.2, -0.15) is 0 Å². The van der Waals surface area contributed by atoms with Gasteiger partial charge in [0, 0.05) is 0 Å². The zero-order valence-electron chi connectivity index (χ0n) is 7.53. The largest absolute Gasteiger partial charge is 0.0654 e. The first-order chi connectivity index (χ1) is 4.81. The monoisotopic (exact) mass is 141 g/mol. The molecule has 0 heterocycles. The van der Waals surface area contributed by atoms with E-state index in [2.05, 4.69) is 20.8 Å². The summed E-state index contributed by atoms with van der Waals surface area (Å²) in [5.41, 5.74) is 0. The zero-order valence-corrected chi connectivity index (χ0v) is 7.53. The average molecular weight is 141 g/mol. The molecule has 0 saturated carbocycles. The Morgan fingerprint density at radius 3 is 2.20 bits per heavy atom. The minimum Gasteiger partial charge on any atom is -0.0654 e. The first-order valence-electron chi connectivity index (χ1n) is 4.64. The molecule has 0 spiro atoms. The lowest BCUT2D eigenvalue weighted by atomic mass is 9.99. The Balaban J connectivity index is 2.97. The molecule has 0 N–H and O–H groups in total. The number of hydrogen-bond acceptors (Lipinski definition) is 0. The van der Waals surface area contributed by atoms with Crippen molar-refractivity contribution in [3.8, 4) is 0 Å². The molecular weight excluding hydrogens is 120 g/mol. The van der Waals surface area contributed by atoms with Gasteiger partial charge in [-0.3, -0.25) is 0 Å². The summed E-state index contributed by atoms with van der Waals surface area (Å²) in [5, 5.41) is 0. The highest BCUT2D eigenvalue weighted by molar-refractivity contribution is 4.59. The minimum absolute atomic E-state index is 0.719. The molecule has 0 aliphatic carbocycles. The van der Waals surface area contributed by atoms with Crippen LogP contribution in [0.1, 0.15) is 52.4 Å². The number of rotatable bonds is 6. The second-order valence-corrected chi connectivity index (χ2v) is 3.15. The molecule has 0 aliphatic rings. The molecule has 0 heteroatoms. The molecule has 0 rings (SSSR count). The Morgan fingerprint density at radius 1 is 1.00 bits per heavy atom. The van der Waals surface area contributed by atoms with Crippen molar-refractivity contribution in [2.75, 3.05) is 0 Å². The van der Waals surface area contributed by atoms with E-state index in [0.717, 1.165) is 5.92 Å². The van der Waals surface area contributed by atoms with Crippen molar-refractivity contribution >= 4 is 0 Å². The van der Waals surface area contributed by atoms with Crippen LogP contribution >= 0.6 is 0 Å². The lowest BCUT2D eigenvalue weighted by Crippen LogP contribution is -1.93. The summed E-state index contributed by atoms with van der Waals surface area (Å²) >= 11 is 0. The third-order valence-electron chi connectivity index (χ3n) is 1.91. The highest BCUT2D eigenvalue weighted by Crippen LogP contribution is 2.13. The van der Waals surface area contributed by atoms with Crippen molar-refractivity contribution in [3.63, 3.8) is 0 Å². The molecule has 10 heavy (non-hydrogen) atoms. The molecule has 0 nitrogen and oxygen atoms in total. The van der Waals surface area contributed by atoms with E-state index >= 15 is 0 Å². The summed E-state index contributed by atoms with van der Waals surface area (Å²) < 4.78 is 0. The van der Waals surface area contributed by atoms with Crippen molar-refractivity contribution in [1.82, 2.24) is 0 Å². The normalized spacial score (nSPS) is 13.5. The molecule has 0 aliphatic heterocycles. The SMILES string of the molecule is [CH2]C(CCC)CCCCC. The number of hydrogen-bond donors (Lipinski definition) is 0. The van der Waals surface area contributed by atoms with E-state index in [1.807, 2.05) is 0 Å². The predicted molar refractivity (Wildman–Crippen MR) is 47.9 cm³/mol. The molecule has 1 unspecified atom stereocenters. The highest BCUT2D eigenvalue weighted by atomic mass is 14.0. The fourth-order valence-electron chi connectivity index (χ4n) is 1.24. The molecular formula is C10H21. The Kier molecular flexibility index (Phi) is 7.11.